The highest BCUT2D eigenvalue weighted by Gasteiger charge is 2.09. The molecule has 0 fully saturated rings. The van der Waals surface area contributed by atoms with E-state index in [2.05, 4.69) is 4.98 Å². The molecule has 0 amide bonds. The Morgan fingerprint density at radius 1 is 0.818 bits per heavy atom. The summed E-state index contributed by atoms with van der Waals surface area (Å²) in [5.74, 6) is 1.00. The molecule has 0 atom stereocenters. The highest BCUT2D eigenvalue weighted by molar-refractivity contribution is 6.09. The van der Waals surface area contributed by atoms with E-state index >= 15 is 0 Å². The van der Waals surface area contributed by atoms with Crippen molar-refractivity contribution in [3.05, 3.63) is 78.7 Å². The van der Waals surface area contributed by atoms with Gasteiger partial charge in [0.15, 0.2) is 0 Å². The van der Waals surface area contributed by atoms with Crippen molar-refractivity contribution < 1.29 is 9.13 Å². The van der Waals surface area contributed by atoms with Crippen molar-refractivity contribution in [3.8, 4) is 11.6 Å². The van der Waals surface area contributed by atoms with Gasteiger partial charge in [0.2, 0.25) is 5.88 Å². The summed E-state index contributed by atoms with van der Waals surface area (Å²) in [5.41, 5.74) is 0. The van der Waals surface area contributed by atoms with Crippen molar-refractivity contribution in [2.24, 2.45) is 0 Å². The molecule has 0 saturated heterocycles. The largest absolute Gasteiger partial charge is 0.438 e. The molecule has 0 spiro atoms. The SMILES string of the molecule is Fc1ccc2c(ccc3ccnc(Oc4ccccc4)c32)c1. The second kappa shape index (κ2) is 5.11. The zero-order chi connectivity index (χ0) is 14.9. The molecule has 0 radical (unpaired) electrons. The maximum absolute atomic E-state index is 13.4. The lowest BCUT2D eigenvalue weighted by Gasteiger charge is -2.10. The fourth-order valence-electron chi connectivity index (χ4n) is 2.62. The molecule has 0 aliphatic heterocycles. The maximum Gasteiger partial charge on any atom is 0.227 e. The first-order valence-corrected chi connectivity index (χ1v) is 7.01. The minimum Gasteiger partial charge on any atom is -0.438 e. The number of hydrogen-bond donors (Lipinski definition) is 0. The predicted molar refractivity (Wildman–Crippen MR) is 85.7 cm³/mol. The van der Waals surface area contributed by atoms with Crippen LogP contribution in [-0.4, -0.2) is 4.98 Å². The molecule has 0 aliphatic carbocycles. The van der Waals surface area contributed by atoms with Crippen molar-refractivity contribution in [1.29, 1.82) is 0 Å². The zero-order valence-electron chi connectivity index (χ0n) is 11.7. The lowest BCUT2D eigenvalue weighted by molar-refractivity contribution is 0.469. The number of pyridine rings is 1. The number of para-hydroxylation sites is 1. The van der Waals surface area contributed by atoms with E-state index in [1.165, 1.54) is 12.1 Å². The Morgan fingerprint density at radius 3 is 2.50 bits per heavy atom. The molecule has 4 aromatic rings. The lowest BCUT2D eigenvalue weighted by atomic mass is 10.0. The molecule has 4 rings (SSSR count). The van der Waals surface area contributed by atoms with E-state index in [0.29, 0.717) is 5.88 Å². The number of fused-ring (bicyclic) bond motifs is 3. The number of benzene rings is 3. The fraction of sp³-hybridized carbons (Fsp3) is 0. The van der Waals surface area contributed by atoms with Gasteiger partial charge in [-0.25, -0.2) is 9.37 Å². The van der Waals surface area contributed by atoms with Crippen LogP contribution in [0, 0.1) is 5.82 Å². The summed E-state index contributed by atoms with van der Waals surface area (Å²) in [6.45, 7) is 0. The van der Waals surface area contributed by atoms with E-state index in [9.17, 15) is 4.39 Å². The van der Waals surface area contributed by atoms with Crippen molar-refractivity contribution >= 4 is 21.5 Å². The molecular formula is C19H12FNO. The molecule has 0 saturated carbocycles. The minimum atomic E-state index is -0.249. The summed E-state index contributed by atoms with van der Waals surface area (Å²) < 4.78 is 19.4. The molecule has 0 aliphatic rings. The highest BCUT2D eigenvalue weighted by Crippen LogP contribution is 2.33. The second-order valence-corrected chi connectivity index (χ2v) is 5.06. The average molecular weight is 289 g/mol. The Morgan fingerprint density at radius 2 is 1.64 bits per heavy atom. The normalized spacial score (nSPS) is 11.0. The summed E-state index contributed by atoms with van der Waals surface area (Å²) in [5, 5.41) is 3.67. The van der Waals surface area contributed by atoms with Gasteiger partial charge in [-0.2, -0.15) is 0 Å². The van der Waals surface area contributed by atoms with Crippen LogP contribution in [0.4, 0.5) is 4.39 Å². The van der Waals surface area contributed by atoms with Gasteiger partial charge in [-0.3, -0.25) is 0 Å². The lowest BCUT2D eigenvalue weighted by Crippen LogP contribution is -1.90. The first-order valence-electron chi connectivity index (χ1n) is 7.01. The molecular weight excluding hydrogens is 277 g/mol. The quantitative estimate of drug-likeness (QED) is 0.466. The molecule has 0 bridgehead atoms. The molecule has 1 aromatic heterocycles. The minimum absolute atomic E-state index is 0.249. The van der Waals surface area contributed by atoms with Gasteiger partial charge in [0, 0.05) is 6.20 Å². The smallest absolute Gasteiger partial charge is 0.227 e. The van der Waals surface area contributed by atoms with Crippen molar-refractivity contribution in [2.75, 3.05) is 0 Å². The van der Waals surface area contributed by atoms with Crippen molar-refractivity contribution in [3.63, 3.8) is 0 Å². The number of rotatable bonds is 2. The van der Waals surface area contributed by atoms with Gasteiger partial charge < -0.3 is 4.74 Å². The molecule has 0 unspecified atom stereocenters. The third-order valence-electron chi connectivity index (χ3n) is 3.63. The van der Waals surface area contributed by atoms with E-state index < -0.39 is 0 Å². The number of halogens is 1. The van der Waals surface area contributed by atoms with Gasteiger partial charge in [-0.05, 0) is 46.5 Å². The fourth-order valence-corrected chi connectivity index (χ4v) is 2.62. The molecule has 0 N–H and O–H groups in total. The maximum atomic E-state index is 13.4. The number of hydrogen-bond acceptors (Lipinski definition) is 2. The van der Waals surface area contributed by atoms with Crippen LogP contribution in [0.2, 0.25) is 0 Å². The summed E-state index contributed by atoms with van der Waals surface area (Å²) in [6.07, 6.45) is 1.72. The molecule has 22 heavy (non-hydrogen) atoms. The topological polar surface area (TPSA) is 22.1 Å². The van der Waals surface area contributed by atoms with Gasteiger partial charge in [0.1, 0.15) is 11.6 Å². The van der Waals surface area contributed by atoms with Crippen molar-refractivity contribution in [2.45, 2.75) is 0 Å². The second-order valence-electron chi connectivity index (χ2n) is 5.06. The van der Waals surface area contributed by atoms with Gasteiger partial charge in [0.05, 0.1) is 5.39 Å². The summed E-state index contributed by atoms with van der Waals surface area (Å²) >= 11 is 0. The summed E-state index contributed by atoms with van der Waals surface area (Å²) in [4.78, 5) is 4.36. The van der Waals surface area contributed by atoms with E-state index in [0.717, 1.165) is 27.3 Å². The highest BCUT2D eigenvalue weighted by atomic mass is 19.1. The van der Waals surface area contributed by atoms with Crippen LogP contribution in [-0.2, 0) is 0 Å². The van der Waals surface area contributed by atoms with Crippen LogP contribution in [0.15, 0.2) is 72.9 Å². The first-order chi connectivity index (χ1) is 10.8. The predicted octanol–water partition coefficient (Wildman–Crippen LogP) is 5.32. The summed E-state index contributed by atoms with van der Waals surface area (Å²) in [7, 11) is 0. The Hall–Kier alpha value is -2.94. The van der Waals surface area contributed by atoms with E-state index in [-0.39, 0.29) is 5.82 Å². The molecule has 2 nitrogen and oxygen atoms in total. The zero-order valence-corrected chi connectivity index (χ0v) is 11.7. The van der Waals surface area contributed by atoms with Gasteiger partial charge >= 0.3 is 0 Å². The standard InChI is InChI=1S/C19H12FNO/c20-15-8-9-17-14(12-15)7-6-13-10-11-21-19(18(13)17)22-16-4-2-1-3-5-16/h1-12H. The van der Waals surface area contributed by atoms with E-state index in [1.807, 2.05) is 48.5 Å². The Balaban J connectivity index is 1.98. The monoisotopic (exact) mass is 289 g/mol. The average Bonchev–Trinajstić information content (AvgIpc) is 2.55. The third-order valence-corrected chi connectivity index (χ3v) is 3.63. The molecule has 3 heteroatoms. The summed E-state index contributed by atoms with van der Waals surface area (Å²) in [6, 6.07) is 20.1. The van der Waals surface area contributed by atoms with Gasteiger partial charge in [-0.15, -0.1) is 0 Å². The number of nitrogens with zero attached hydrogens (tertiary/aromatic N) is 1. The number of ether oxygens (including phenoxy) is 1. The van der Waals surface area contributed by atoms with Crippen LogP contribution < -0.4 is 4.74 Å². The van der Waals surface area contributed by atoms with Crippen molar-refractivity contribution in [1.82, 2.24) is 4.98 Å². The van der Waals surface area contributed by atoms with E-state index in [4.69, 9.17) is 4.74 Å². The Bertz CT molecular complexity index is 967. The van der Waals surface area contributed by atoms with Crippen LogP contribution in [0.5, 0.6) is 11.6 Å². The van der Waals surface area contributed by atoms with Crippen LogP contribution in [0.1, 0.15) is 0 Å². The van der Waals surface area contributed by atoms with E-state index in [1.54, 1.807) is 12.3 Å². The first kappa shape index (κ1) is 12.8. The number of aromatic nitrogens is 1. The van der Waals surface area contributed by atoms with Crippen LogP contribution in [0.3, 0.4) is 0 Å². The van der Waals surface area contributed by atoms with Gasteiger partial charge in [-0.1, -0.05) is 36.4 Å². The molecule has 1 heterocycles. The third kappa shape index (κ3) is 2.17. The molecule has 106 valence electrons. The van der Waals surface area contributed by atoms with Gasteiger partial charge in [0.25, 0.3) is 0 Å². The Kier molecular flexibility index (Phi) is 2.97. The Labute approximate surface area is 126 Å². The van der Waals surface area contributed by atoms with Crippen LogP contribution in [0.25, 0.3) is 21.5 Å². The van der Waals surface area contributed by atoms with Crippen LogP contribution >= 0.6 is 0 Å². The molecule has 3 aromatic carbocycles.